The third-order valence-electron chi connectivity index (χ3n) is 5.58. The molecule has 0 aliphatic carbocycles. The van der Waals surface area contributed by atoms with Crippen LogP contribution in [0.5, 0.6) is 5.75 Å². The number of amides is 2. The summed E-state index contributed by atoms with van der Waals surface area (Å²) >= 11 is 0. The molecule has 0 fully saturated rings. The third kappa shape index (κ3) is 7.64. The van der Waals surface area contributed by atoms with Crippen LogP contribution in [-0.2, 0) is 22.6 Å². The van der Waals surface area contributed by atoms with Gasteiger partial charge < -0.3 is 15.4 Å². The van der Waals surface area contributed by atoms with Crippen molar-refractivity contribution in [3.63, 3.8) is 0 Å². The lowest BCUT2D eigenvalue weighted by molar-refractivity contribution is -0.122. The normalized spacial score (nSPS) is 16.0. The van der Waals surface area contributed by atoms with Crippen LogP contribution < -0.4 is 15.4 Å². The third-order valence-corrected chi connectivity index (χ3v) is 5.58. The van der Waals surface area contributed by atoms with Crippen molar-refractivity contribution in [1.29, 1.82) is 0 Å². The van der Waals surface area contributed by atoms with E-state index < -0.39 is 0 Å². The first kappa shape index (κ1) is 23.7. The van der Waals surface area contributed by atoms with Gasteiger partial charge in [0.15, 0.2) is 0 Å². The molecule has 0 unspecified atom stereocenters. The molecule has 0 bridgehead atoms. The second-order valence-corrected chi connectivity index (χ2v) is 8.48. The highest BCUT2D eigenvalue weighted by Gasteiger charge is 2.18. The number of rotatable bonds is 5. The number of aromatic nitrogens is 1. The fourth-order valence-corrected chi connectivity index (χ4v) is 3.66. The van der Waals surface area contributed by atoms with Crippen molar-refractivity contribution in [2.24, 2.45) is 0 Å². The predicted octanol–water partition coefficient (Wildman–Crippen LogP) is 3.54. The van der Waals surface area contributed by atoms with E-state index >= 15 is 0 Å². The van der Waals surface area contributed by atoms with Gasteiger partial charge in [-0.25, -0.2) is 0 Å². The number of fused-ring (bicyclic) bond motifs is 1. The van der Waals surface area contributed by atoms with E-state index in [4.69, 9.17) is 4.74 Å². The Hall–Kier alpha value is -2.93. The van der Waals surface area contributed by atoms with E-state index in [-0.39, 0.29) is 17.9 Å². The van der Waals surface area contributed by atoms with Crippen LogP contribution in [0.1, 0.15) is 50.7 Å². The molecule has 172 valence electrons. The number of carbonyl (C=O) groups excluding carboxylic acids is 2. The minimum absolute atomic E-state index is 0.0306. The molecule has 0 radical (unpaired) electrons. The van der Waals surface area contributed by atoms with Gasteiger partial charge in [-0.3, -0.25) is 19.5 Å². The maximum absolute atomic E-state index is 12.4. The van der Waals surface area contributed by atoms with Crippen LogP contribution >= 0.6 is 0 Å². The summed E-state index contributed by atoms with van der Waals surface area (Å²) in [6.07, 6.45) is 7.27. The quantitative estimate of drug-likeness (QED) is 0.746. The molecular weight excluding hydrogens is 404 g/mol. The first-order chi connectivity index (χ1) is 15.5. The van der Waals surface area contributed by atoms with Crippen LogP contribution in [-0.4, -0.2) is 47.4 Å². The number of hydrogen-bond acceptors (Lipinski definition) is 5. The largest absolute Gasteiger partial charge is 0.493 e. The molecule has 7 heteroatoms. The van der Waals surface area contributed by atoms with Gasteiger partial charge in [-0.2, -0.15) is 0 Å². The Morgan fingerprint density at radius 1 is 1.16 bits per heavy atom. The van der Waals surface area contributed by atoms with Gasteiger partial charge in [-0.1, -0.05) is 12.1 Å². The molecule has 2 aromatic rings. The molecule has 0 atom stereocenters. The summed E-state index contributed by atoms with van der Waals surface area (Å²) in [6, 6.07) is 9.91. The van der Waals surface area contributed by atoms with Crippen LogP contribution in [0, 0.1) is 0 Å². The number of hydrogen-bond donors (Lipinski definition) is 2. The van der Waals surface area contributed by atoms with Gasteiger partial charge in [0.05, 0.1) is 13.2 Å². The Morgan fingerprint density at radius 2 is 1.97 bits per heavy atom. The van der Waals surface area contributed by atoms with E-state index in [1.54, 1.807) is 24.5 Å². The van der Waals surface area contributed by atoms with Crippen LogP contribution in [0.15, 0.2) is 42.7 Å². The van der Waals surface area contributed by atoms with Crippen molar-refractivity contribution >= 4 is 17.5 Å². The predicted molar refractivity (Wildman–Crippen MR) is 126 cm³/mol. The molecule has 3 rings (SSSR count). The first-order valence-corrected chi connectivity index (χ1v) is 11.5. The van der Waals surface area contributed by atoms with E-state index in [9.17, 15) is 9.59 Å². The van der Waals surface area contributed by atoms with E-state index in [0.717, 1.165) is 41.8 Å². The molecule has 7 nitrogen and oxygen atoms in total. The first-order valence-electron chi connectivity index (χ1n) is 11.5. The molecule has 0 saturated heterocycles. The van der Waals surface area contributed by atoms with Gasteiger partial charge in [0.25, 0.3) is 0 Å². The van der Waals surface area contributed by atoms with Gasteiger partial charge in [-0.15, -0.1) is 0 Å². The summed E-state index contributed by atoms with van der Waals surface area (Å²) in [5.41, 5.74) is 2.88. The van der Waals surface area contributed by atoms with Crippen molar-refractivity contribution in [3.8, 4) is 5.75 Å². The van der Waals surface area contributed by atoms with Crippen LogP contribution in [0.2, 0.25) is 0 Å². The number of nitrogens with one attached hydrogen (secondary N) is 2. The fourth-order valence-electron chi connectivity index (χ4n) is 3.66. The topological polar surface area (TPSA) is 83.6 Å². The van der Waals surface area contributed by atoms with Crippen molar-refractivity contribution in [2.45, 2.75) is 58.5 Å². The summed E-state index contributed by atoms with van der Waals surface area (Å²) in [4.78, 5) is 30.8. The Bertz CT molecular complexity index is 886. The van der Waals surface area contributed by atoms with Crippen LogP contribution in [0.4, 0.5) is 5.69 Å². The van der Waals surface area contributed by atoms with E-state index in [0.29, 0.717) is 39.1 Å². The average molecular weight is 439 g/mol. The zero-order valence-corrected chi connectivity index (χ0v) is 19.1. The smallest absolute Gasteiger partial charge is 0.234 e. The highest BCUT2D eigenvalue weighted by molar-refractivity contribution is 5.90. The molecule has 2 amide bonds. The van der Waals surface area contributed by atoms with E-state index in [1.807, 2.05) is 12.1 Å². The number of nitrogens with zero attached hydrogens (tertiary/aromatic N) is 2. The van der Waals surface area contributed by atoms with Crippen LogP contribution in [0.3, 0.4) is 0 Å². The maximum atomic E-state index is 12.4. The molecule has 2 N–H and O–H groups in total. The Kier molecular flexibility index (Phi) is 9.04. The molecular formula is C25H34N4O3. The maximum Gasteiger partial charge on any atom is 0.234 e. The van der Waals surface area contributed by atoms with Crippen LogP contribution in [0.25, 0.3) is 0 Å². The highest BCUT2D eigenvalue weighted by Crippen LogP contribution is 2.24. The molecule has 1 aliphatic heterocycles. The van der Waals surface area contributed by atoms with E-state index in [1.165, 1.54) is 0 Å². The number of carbonyl (C=O) groups is 2. The molecule has 1 aromatic heterocycles. The number of pyridine rings is 1. The number of anilines is 1. The number of benzene rings is 1. The van der Waals surface area contributed by atoms with Gasteiger partial charge in [-0.05, 0) is 63.3 Å². The average Bonchev–Trinajstić information content (AvgIpc) is 2.79. The second-order valence-electron chi connectivity index (χ2n) is 8.48. The van der Waals surface area contributed by atoms with Crippen molar-refractivity contribution < 1.29 is 14.3 Å². The van der Waals surface area contributed by atoms with Crippen molar-refractivity contribution in [1.82, 2.24) is 15.2 Å². The molecule has 2 heterocycles. The molecule has 1 aliphatic rings. The van der Waals surface area contributed by atoms with Gasteiger partial charge in [0, 0.05) is 49.2 Å². The summed E-state index contributed by atoms with van der Waals surface area (Å²) in [5, 5.41) is 5.92. The SMILES string of the molecule is CC(C)N1CC(=O)NCCCCCOc2ccc(CCC(=O)Nc3ccncc3)cc2C1. The summed E-state index contributed by atoms with van der Waals surface area (Å²) < 4.78 is 6.10. The molecule has 0 saturated carbocycles. The zero-order valence-electron chi connectivity index (χ0n) is 19.1. The Labute approximate surface area is 190 Å². The highest BCUT2D eigenvalue weighted by atomic mass is 16.5. The molecule has 32 heavy (non-hydrogen) atoms. The standard InChI is InChI=1S/C25H34N4O3/c1-19(2)29-17-21-16-20(7-9-24(30)28-22-10-13-26-14-11-22)6-8-23(21)32-15-5-3-4-12-27-25(31)18-29/h6,8,10-11,13-14,16,19H,3-5,7,9,12,15,17-18H2,1-2H3,(H,27,31)(H,26,28,30). The molecule has 0 spiro atoms. The zero-order chi connectivity index (χ0) is 22.8. The second kappa shape index (κ2) is 12.2. The van der Waals surface area contributed by atoms with Crippen molar-refractivity contribution in [3.05, 3.63) is 53.9 Å². The summed E-state index contributed by atoms with van der Waals surface area (Å²) in [5.74, 6) is 0.890. The van der Waals surface area contributed by atoms with Gasteiger partial charge >= 0.3 is 0 Å². The Balaban J connectivity index is 1.70. The van der Waals surface area contributed by atoms with Crippen molar-refractivity contribution in [2.75, 3.05) is 25.0 Å². The molecule has 1 aromatic carbocycles. The summed E-state index contributed by atoms with van der Waals surface area (Å²) in [7, 11) is 0. The number of aryl methyl sites for hydroxylation is 1. The lowest BCUT2D eigenvalue weighted by Crippen LogP contribution is -2.40. The lowest BCUT2D eigenvalue weighted by Gasteiger charge is -2.27. The Morgan fingerprint density at radius 3 is 2.75 bits per heavy atom. The van der Waals surface area contributed by atoms with Gasteiger partial charge in [0.2, 0.25) is 11.8 Å². The fraction of sp³-hybridized carbons (Fsp3) is 0.480. The minimum Gasteiger partial charge on any atom is -0.493 e. The monoisotopic (exact) mass is 438 g/mol. The number of ether oxygens (including phenoxy) is 1. The summed E-state index contributed by atoms with van der Waals surface area (Å²) in [6.45, 7) is 6.55. The van der Waals surface area contributed by atoms with Gasteiger partial charge in [0.1, 0.15) is 5.75 Å². The lowest BCUT2D eigenvalue weighted by atomic mass is 10.0. The minimum atomic E-state index is -0.0306. The van der Waals surface area contributed by atoms with E-state index in [2.05, 4.69) is 40.4 Å².